The molecule has 82 valence electrons. The van der Waals surface area contributed by atoms with Crippen molar-refractivity contribution in [3.63, 3.8) is 0 Å². The van der Waals surface area contributed by atoms with E-state index in [1.54, 1.807) is 12.1 Å². The van der Waals surface area contributed by atoms with Crippen molar-refractivity contribution in [1.29, 1.82) is 0 Å². The van der Waals surface area contributed by atoms with Gasteiger partial charge in [-0.2, -0.15) is 0 Å². The highest BCUT2D eigenvalue weighted by atomic mass is 32.1. The number of carbonyl (C=O) groups is 2. The maximum atomic E-state index is 11.3. The van der Waals surface area contributed by atoms with Gasteiger partial charge in [-0.1, -0.05) is 6.07 Å². The molecule has 1 aromatic heterocycles. The third kappa shape index (κ3) is 4.57. The standard InChI is InChI=1S/C9H11NO4S/c11-8(12)6-14-4-3-10-9(13)7-2-1-5-15-7/h1-2,5H,3-4,6H2,(H,10,13)(H,11,12). The molecule has 0 spiro atoms. The van der Waals surface area contributed by atoms with E-state index in [1.807, 2.05) is 5.38 Å². The van der Waals surface area contributed by atoms with Gasteiger partial charge in [-0.3, -0.25) is 4.79 Å². The minimum Gasteiger partial charge on any atom is -0.480 e. The lowest BCUT2D eigenvalue weighted by atomic mass is 10.4. The minimum absolute atomic E-state index is 0.163. The number of carboxylic acids is 1. The molecule has 0 unspecified atom stereocenters. The zero-order valence-electron chi connectivity index (χ0n) is 7.93. The lowest BCUT2D eigenvalue weighted by Gasteiger charge is -2.03. The molecule has 0 aromatic carbocycles. The van der Waals surface area contributed by atoms with Gasteiger partial charge >= 0.3 is 5.97 Å². The lowest BCUT2D eigenvalue weighted by molar-refractivity contribution is -0.142. The molecule has 0 atom stereocenters. The van der Waals surface area contributed by atoms with E-state index < -0.39 is 5.97 Å². The van der Waals surface area contributed by atoms with Crippen LogP contribution < -0.4 is 5.32 Å². The van der Waals surface area contributed by atoms with Crippen LogP contribution in [0, 0.1) is 0 Å². The first-order valence-corrected chi connectivity index (χ1v) is 5.19. The summed E-state index contributed by atoms with van der Waals surface area (Å²) in [6, 6.07) is 3.51. The predicted molar refractivity (Wildman–Crippen MR) is 55.1 cm³/mol. The van der Waals surface area contributed by atoms with Gasteiger partial charge in [-0.15, -0.1) is 11.3 Å². The fraction of sp³-hybridized carbons (Fsp3) is 0.333. The molecule has 0 aliphatic rings. The summed E-state index contributed by atoms with van der Waals surface area (Å²) in [4.78, 5) is 22.0. The Bertz CT molecular complexity index is 323. The normalized spacial score (nSPS) is 9.87. The molecule has 0 aliphatic heterocycles. The van der Waals surface area contributed by atoms with Crippen LogP contribution in [0.25, 0.3) is 0 Å². The number of rotatable bonds is 6. The van der Waals surface area contributed by atoms with Gasteiger partial charge < -0.3 is 15.2 Å². The number of aliphatic carboxylic acids is 1. The fourth-order valence-electron chi connectivity index (χ4n) is 0.891. The van der Waals surface area contributed by atoms with E-state index >= 15 is 0 Å². The predicted octanol–water partition coefficient (Wildman–Crippen LogP) is 0.579. The van der Waals surface area contributed by atoms with E-state index in [1.165, 1.54) is 11.3 Å². The second kappa shape index (κ2) is 6.15. The zero-order valence-corrected chi connectivity index (χ0v) is 8.75. The first-order valence-electron chi connectivity index (χ1n) is 4.31. The number of hydrogen-bond donors (Lipinski definition) is 2. The maximum absolute atomic E-state index is 11.3. The highest BCUT2D eigenvalue weighted by Gasteiger charge is 2.04. The number of carbonyl (C=O) groups excluding carboxylic acids is 1. The van der Waals surface area contributed by atoms with Crippen LogP contribution in [0.4, 0.5) is 0 Å². The Kier molecular flexibility index (Phi) is 4.79. The summed E-state index contributed by atoms with van der Waals surface area (Å²) in [6.45, 7) is 0.169. The van der Waals surface area contributed by atoms with Gasteiger partial charge in [-0.25, -0.2) is 4.79 Å². The van der Waals surface area contributed by atoms with Gasteiger partial charge in [-0.05, 0) is 11.4 Å². The molecule has 0 bridgehead atoms. The summed E-state index contributed by atoms with van der Waals surface area (Å²) >= 11 is 1.35. The smallest absolute Gasteiger partial charge is 0.329 e. The van der Waals surface area contributed by atoms with Crippen molar-refractivity contribution in [2.45, 2.75) is 0 Å². The summed E-state index contributed by atoms with van der Waals surface area (Å²) in [6.07, 6.45) is 0. The summed E-state index contributed by atoms with van der Waals surface area (Å²) in [5.41, 5.74) is 0. The van der Waals surface area contributed by atoms with Crippen molar-refractivity contribution < 1.29 is 19.4 Å². The molecule has 0 fully saturated rings. The van der Waals surface area contributed by atoms with Crippen LogP contribution in [0.15, 0.2) is 17.5 Å². The number of amides is 1. The third-order valence-electron chi connectivity index (χ3n) is 1.50. The summed E-state index contributed by atoms with van der Waals surface area (Å²) in [7, 11) is 0. The van der Waals surface area contributed by atoms with Crippen LogP contribution in [-0.4, -0.2) is 36.7 Å². The van der Waals surface area contributed by atoms with E-state index in [9.17, 15) is 9.59 Å². The van der Waals surface area contributed by atoms with E-state index in [-0.39, 0.29) is 19.1 Å². The SMILES string of the molecule is O=C(O)COCCNC(=O)c1cccs1. The number of thiophene rings is 1. The topological polar surface area (TPSA) is 75.6 Å². The van der Waals surface area contributed by atoms with Gasteiger partial charge in [0.1, 0.15) is 6.61 Å². The van der Waals surface area contributed by atoms with E-state index in [0.29, 0.717) is 11.4 Å². The van der Waals surface area contributed by atoms with E-state index in [0.717, 1.165) is 0 Å². The Morgan fingerprint density at radius 3 is 2.93 bits per heavy atom. The molecule has 0 saturated carbocycles. The largest absolute Gasteiger partial charge is 0.480 e. The maximum Gasteiger partial charge on any atom is 0.329 e. The lowest BCUT2D eigenvalue weighted by Crippen LogP contribution is -2.27. The molecule has 0 radical (unpaired) electrons. The Morgan fingerprint density at radius 1 is 1.53 bits per heavy atom. The molecule has 0 aliphatic carbocycles. The molecule has 1 amide bonds. The van der Waals surface area contributed by atoms with Crippen molar-refractivity contribution in [1.82, 2.24) is 5.32 Å². The number of hydrogen-bond acceptors (Lipinski definition) is 4. The molecule has 1 rings (SSSR count). The highest BCUT2D eigenvalue weighted by molar-refractivity contribution is 7.12. The van der Waals surface area contributed by atoms with Crippen LogP contribution >= 0.6 is 11.3 Å². The molecule has 2 N–H and O–H groups in total. The van der Waals surface area contributed by atoms with Crippen LogP contribution in [0.3, 0.4) is 0 Å². The van der Waals surface area contributed by atoms with Gasteiger partial charge in [0.2, 0.25) is 0 Å². The summed E-state index contributed by atoms with van der Waals surface area (Å²) in [5, 5.41) is 12.7. The molecule has 0 saturated heterocycles. The summed E-state index contributed by atoms with van der Waals surface area (Å²) in [5.74, 6) is -1.18. The first-order chi connectivity index (χ1) is 7.20. The van der Waals surface area contributed by atoms with Crippen molar-refractivity contribution in [3.05, 3.63) is 22.4 Å². The molecule has 15 heavy (non-hydrogen) atoms. The molecule has 1 heterocycles. The monoisotopic (exact) mass is 229 g/mol. The van der Waals surface area contributed by atoms with Gasteiger partial charge in [0.25, 0.3) is 5.91 Å². The van der Waals surface area contributed by atoms with Crippen molar-refractivity contribution in [2.24, 2.45) is 0 Å². The number of ether oxygens (including phenoxy) is 1. The fourth-order valence-corrected chi connectivity index (χ4v) is 1.53. The van der Waals surface area contributed by atoms with E-state index in [2.05, 4.69) is 5.32 Å². The van der Waals surface area contributed by atoms with Crippen LogP contribution in [0.1, 0.15) is 9.67 Å². The Morgan fingerprint density at radius 2 is 2.33 bits per heavy atom. The average molecular weight is 229 g/mol. The Labute approximate surface area is 90.7 Å². The molecular formula is C9H11NO4S. The zero-order chi connectivity index (χ0) is 11.1. The Hall–Kier alpha value is -1.40. The first kappa shape index (κ1) is 11.7. The molecule has 5 nitrogen and oxygen atoms in total. The van der Waals surface area contributed by atoms with Crippen LogP contribution in [0.2, 0.25) is 0 Å². The van der Waals surface area contributed by atoms with Crippen LogP contribution in [-0.2, 0) is 9.53 Å². The van der Waals surface area contributed by atoms with Gasteiger partial charge in [0.05, 0.1) is 11.5 Å². The van der Waals surface area contributed by atoms with Gasteiger partial charge in [0.15, 0.2) is 0 Å². The third-order valence-corrected chi connectivity index (χ3v) is 2.37. The number of nitrogens with one attached hydrogen (secondary N) is 1. The second-order valence-corrected chi connectivity index (χ2v) is 3.63. The van der Waals surface area contributed by atoms with E-state index in [4.69, 9.17) is 9.84 Å². The van der Waals surface area contributed by atoms with Crippen molar-refractivity contribution >= 4 is 23.2 Å². The van der Waals surface area contributed by atoms with Crippen molar-refractivity contribution in [2.75, 3.05) is 19.8 Å². The molecule has 1 aromatic rings. The van der Waals surface area contributed by atoms with Crippen molar-refractivity contribution in [3.8, 4) is 0 Å². The average Bonchev–Trinajstić information content (AvgIpc) is 2.69. The summed E-state index contributed by atoms with van der Waals surface area (Å²) < 4.78 is 4.75. The minimum atomic E-state index is -1.01. The molecule has 6 heteroatoms. The Balaban J connectivity index is 2.10. The number of carboxylic acid groups (broad SMARTS) is 1. The highest BCUT2D eigenvalue weighted by Crippen LogP contribution is 2.07. The van der Waals surface area contributed by atoms with Crippen LogP contribution in [0.5, 0.6) is 0 Å². The van der Waals surface area contributed by atoms with Gasteiger partial charge in [0, 0.05) is 6.54 Å². The quantitative estimate of drug-likeness (QED) is 0.700. The second-order valence-electron chi connectivity index (χ2n) is 2.68. The molecular weight excluding hydrogens is 218 g/mol.